The molecule has 1 rings (SSSR count). The van der Waals surface area contributed by atoms with Crippen molar-refractivity contribution in [2.24, 2.45) is 0 Å². The van der Waals surface area contributed by atoms with Crippen molar-refractivity contribution in [2.45, 2.75) is 77.6 Å². The van der Waals surface area contributed by atoms with Gasteiger partial charge in [0, 0.05) is 0 Å². The standard InChI is InChI=1S/C21H32O5/c1-2-3-4-5-6-7-8-9-10-11-12-13-26-19-15-17(20(22)23)14-18(16-19)21(24)25/h14-16H,2-13H2,1H3,(H,22,23)(H,24,25). The van der Waals surface area contributed by atoms with Gasteiger partial charge in [0.05, 0.1) is 17.7 Å². The second-order valence-electron chi connectivity index (χ2n) is 6.74. The highest BCUT2D eigenvalue weighted by atomic mass is 16.5. The number of rotatable bonds is 15. The number of carboxylic acid groups (broad SMARTS) is 2. The Bertz CT molecular complexity index is 521. The van der Waals surface area contributed by atoms with E-state index in [1.807, 2.05) is 0 Å². The molecule has 0 amide bonds. The summed E-state index contributed by atoms with van der Waals surface area (Å²) in [6.07, 6.45) is 13.7. The Hall–Kier alpha value is -2.04. The van der Waals surface area contributed by atoms with Crippen LogP contribution in [-0.2, 0) is 0 Å². The summed E-state index contributed by atoms with van der Waals surface area (Å²) in [6, 6.07) is 3.88. The van der Waals surface area contributed by atoms with Crippen LogP contribution in [0, 0.1) is 0 Å². The first-order valence-electron chi connectivity index (χ1n) is 9.79. The molecule has 0 heterocycles. The molecule has 26 heavy (non-hydrogen) atoms. The Labute approximate surface area is 156 Å². The van der Waals surface area contributed by atoms with Gasteiger partial charge in [-0.1, -0.05) is 71.1 Å². The fraction of sp³-hybridized carbons (Fsp3) is 0.619. The maximum atomic E-state index is 11.1. The summed E-state index contributed by atoms with van der Waals surface area (Å²) in [5, 5.41) is 18.1. The molecule has 5 nitrogen and oxygen atoms in total. The highest BCUT2D eigenvalue weighted by molar-refractivity contribution is 5.94. The van der Waals surface area contributed by atoms with Gasteiger partial charge in [0.15, 0.2) is 0 Å². The van der Waals surface area contributed by atoms with Crippen molar-refractivity contribution in [1.82, 2.24) is 0 Å². The van der Waals surface area contributed by atoms with Gasteiger partial charge >= 0.3 is 11.9 Å². The molecule has 146 valence electrons. The minimum Gasteiger partial charge on any atom is -0.494 e. The summed E-state index contributed by atoms with van der Waals surface area (Å²) in [7, 11) is 0. The normalized spacial score (nSPS) is 10.7. The number of carboxylic acids is 2. The lowest BCUT2D eigenvalue weighted by atomic mass is 10.1. The molecule has 0 radical (unpaired) electrons. The molecule has 1 aromatic carbocycles. The zero-order valence-electron chi connectivity index (χ0n) is 15.8. The van der Waals surface area contributed by atoms with Crippen LogP contribution in [0.2, 0.25) is 0 Å². The van der Waals surface area contributed by atoms with Gasteiger partial charge in [-0.05, 0) is 24.6 Å². The lowest BCUT2D eigenvalue weighted by Crippen LogP contribution is -2.05. The Morgan fingerprint density at radius 3 is 1.58 bits per heavy atom. The van der Waals surface area contributed by atoms with Gasteiger partial charge in [0.25, 0.3) is 0 Å². The minimum absolute atomic E-state index is 0.0705. The number of ether oxygens (including phenoxy) is 1. The number of carbonyl (C=O) groups is 2. The molecule has 0 atom stereocenters. The largest absolute Gasteiger partial charge is 0.494 e. The smallest absolute Gasteiger partial charge is 0.335 e. The van der Waals surface area contributed by atoms with E-state index in [4.69, 9.17) is 14.9 Å². The third-order valence-electron chi connectivity index (χ3n) is 4.42. The van der Waals surface area contributed by atoms with Gasteiger partial charge in [0.2, 0.25) is 0 Å². The first-order chi connectivity index (χ1) is 12.5. The molecule has 0 aliphatic carbocycles. The Balaban J connectivity index is 2.16. The number of benzene rings is 1. The second-order valence-corrected chi connectivity index (χ2v) is 6.74. The van der Waals surface area contributed by atoms with Gasteiger partial charge in [-0.2, -0.15) is 0 Å². The molecule has 0 aliphatic heterocycles. The van der Waals surface area contributed by atoms with Crippen LogP contribution in [0.3, 0.4) is 0 Å². The molecule has 0 fully saturated rings. The Morgan fingerprint density at radius 2 is 1.15 bits per heavy atom. The molecule has 0 saturated heterocycles. The van der Waals surface area contributed by atoms with E-state index in [1.165, 1.54) is 69.9 Å². The molecular formula is C21H32O5. The van der Waals surface area contributed by atoms with Crippen molar-refractivity contribution in [1.29, 1.82) is 0 Å². The summed E-state index contributed by atoms with van der Waals surface area (Å²) in [5.41, 5.74) is -0.141. The van der Waals surface area contributed by atoms with Crippen molar-refractivity contribution in [2.75, 3.05) is 6.61 Å². The van der Waals surface area contributed by atoms with Crippen molar-refractivity contribution in [3.05, 3.63) is 29.3 Å². The van der Waals surface area contributed by atoms with Crippen molar-refractivity contribution in [3.8, 4) is 5.75 Å². The maximum absolute atomic E-state index is 11.1. The lowest BCUT2D eigenvalue weighted by Gasteiger charge is -2.08. The summed E-state index contributed by atoms with van der Waals surface area (Å²) in [6.45, 7) is 2.71. The minimum atomic E-state index is -1.16. The fourth-order valence-corrected chi connectivity index (χ4v) is 2.89. The molecule has 2 N–H and O–H groups in total. The summed E-state index contributed by atoms with van der Waals surface area (Å²) in [4.78, 5) is 22.1. The van der Waals surface area contributed by atoms with Crippen LogP contribution >= 0.6 is 0 Å². The third-order valence-corrected chi connectivity index (χ3v) is 4.42. The van der Waals surface area contributed by atoms with Crippen molar-refractivity contribution >= 4 is 11.9 Å². The third kappa shape index (κ3) is 9.44. The first kappa shape index (κ1) is 22.0. The molecule has 5 heteroatoms. The average molecular weight is 364 g/mol. The monoisotopic (exact) mass is 364 g/mol. The highest BCUT2D eigenvalue weighted by Crippen LogP contribution is 2.18. The number of unbranched alkanes of at least 4 members (excludes halogenated alkanes) is 10. The van der Waals surface area contributed by atoms with Gasteiger partial charge in [-0.15, -0.1) is 0 Å². The van der Waals surface area contributed by atoms with E-state index < -0.39 is 11.9 Å². The zero-order valence-corrected chi connectivity index (χ0v) is 15.8. The second kappa shape index (κ2) is 13.2. The van der Waals surface area contributed by atoms with Crippen LogP contribution in [0.5, 0.6) is 5.75 Å². The van der Waals surface area contributed by atoms with E-state index in [2.05, 4.69) is 6.92 Å². The number of hydrogen-bond acceptors (Lipinski definition) is 3. The van der Waals surface area contributed by atoms with Gasteiger partial charge in [-0.3, -0.25) is 0 Å². The predicted octanol–water partition coefficient (Wildman–Crippen LogP) is 5.77. The van der Waals surface area contributed by atoms with Crippen LogP contribution in [0.25, 0.3) is 0 Å². The van der Waals surface area contributed by atoms with E-state index in [0.29, 0.717) is 12.4 Å². The molecular weight excluding hydrogens is 332 g/mol. The highest BCUT2D eigenvalue weighted by Gasteiger charge is 2.12. The molecule has 0 bridgehead atoms. The topological polar surface area (TPSA) is 83.8 Å². The maximum Gasteiger partial charge on any atom is 0.335 e. The van der Waals surface area contributed by atoms with Crippen LogP contribution in [0.4, 0.5) is 0 Å². The summed E-state index contributed by atoms with van der Waals surface area (Å²) in [5.74, 6) is -2.02. The summed E-state index contributed by atoms with van der Waals surface area (Å²) >= 11 is 0. The first-order valence-corrected chi connectivity index (χ1v) is 9.79. The molecule has 0 unspecified atom stereocenters. The molecule has 0 saturated carbocycles. The van der Waals surface area contributed by atoms with Crippen LogP contribution in [0.1, 0.15) is 98.3 Å². The molecule has 0 spiro atoms. The quantitative estimate of drug-likeness (QED) is 0.386. The Morgan fingerprint density at radius 1 is 0.731 bits per heavy atom. The predicted molar refractivity (Wildman–Crippen MR) is 102 cm³/mol. The van der Waals surface area contributed by atoms with Crippen LogP contribution < -0.4 is 4.74 Å². The van der Waals surface area contributed by atoms with E-state index in [1.54, 1.807) is 0 Å². The fourth-order valence-electron chi connectivity index (χ4n) is 2.89. The number of hydrogen-bond donors (Lipinski definition) is 2. The van der Waals surface area contributed by atoms with Crippen molar-refractivity contribution in [3.63, 3.8) is 0 Å². The zero-order chi connectivity index (χ0) is 19.2. The lowest BCUT2D eigenvalue weighted by molar-refractivity contribution is 0.0696. The van der Waals surface area contributed by atoms with Gasteiger partial charge in [-0.25, -0.2) is 9.59 Å². The van der Waals surface area contributed by atoms with Crippen LogP contribution in [0.15, 0.2) is 18.2 Å². The van der Waals surface area contributed by atoms with Gasteiger partial charge in [0.1, 0.15) is 5.75 Å². The average Bonchev–Trinajstić information content (AvgIpc) is 2.62. The van der Waals surface area contributed by atoms with E-state index in [0.717, 1.165) is 18.9 Å². The van der Waals surface area contributed by atoms with E-state index in [-0.39, 0.29) is 11.1 Å². The van der Waals surface area contributed by atoms with E-state index >= 15 is 0 Å². The molecule has 1 aromatic rings. The molecule has 0 aromatic heterocycles. The summed E-state index contributed by atoms with van der Waals surface area (Å²) < 4.78 is 5.54. The van der Waals surface area contributed by atoms with Gasteiger partial charge < -0.3 is 14.9 Å². The SMILES string of the molecule is CCCCCCCCCCCCCOc1cc(C(=O)O)cc(C(=O)O)c1. The van der Waals surface area contributed by atoms with Crippen molar-refractivity contribution < 1.29 is 24.5 Å². The van der Waals surface area contributed by atoms with Crippen LogP contribution in [-0.4, -0.2) is 28.8 Å². The number of aromatic carboxylic acids is 2. The van der Waals surface area contributed by atoms with E-state index in [9.17, 15) is 9.59 Å². The molecule has 0 aliphatic rings. The Kier molecular flexibility index (Phi) is 11.2.